The van der Waals surface area contributed by atoms with Crippen LogP contribution in [0.4, 0.5) is 5.69 Å². The number of primary amides is 1. The number of nitrogens with zero attached hydrogens (tertiary/aromatic N) is 1. The molecule has 0 spiro atoms. The number of para-hydroxylation sites is 1. The van der Waals surface area contributed by atoms with Gasteiger partial charge in [-0.3, -0.25) is 14.4 Å². The van der Waals surface area contributed by atoms with Crippen LogP contribution in [0.2, 0.25) is 0 Å². The van der Waals surface area contributed by atoms with Crippen LogP contribution in [0.25, 0.3) is 0 Å². The van der Waals surface area contributed by atoms with Gasteiger partial charge in [0.05, 0.1) is 5.56 Å². The summed E-state index contributed by atoms with van der Waals surface area (Å²) in [4.78, 5) is 38.2. The molecule has 1 saturated heterocycles. The van der Waals surface area contributed by atoms with Gasteiger partial charge >= 0.3 is 0 Å². The zero-order chi connectivity index (χ0) is 20.8. The van der Waals surface area contributed by atoms with Crippen molar-refractivity contribution in [1.82, 2.24) is 4.90 Å². The number of thioether (sulfide) groups is 1. The molecule has 3 amide bonds. The Kier molecular flexibility index (Phi) is 6.77. The van der Waals surface area contributed by atoms with Crippen LogP contribution in [0.3, 0.4) is 0 Å². The Morgan fingerprint density at radius 2 is 1.86 bits per heavy atom. The molecule has 1 aliphatic rings. The fourth-order valence-corrected chi connectivity index (χ4v) is 3.91. The molecule has 3 rings (SSSR count). The van der Waals surface area contributed by atoms with E-state index in [0.717, 1.165) is 30.2 Å². The summed E-state index contributed by atoms with van der Waals surface area (Å²) >= 11 is 1.85. The molecule has 1 heterocycles. The predicted octanol–water partition coefficient (Wildman–Crippen LogP) is 2.30. The number of aryl methyl sites for hydroxylation is 1. The van der Waals surface area contributed by atoms with Crippen LogP contribution >= 0.6 is 11.8 Å². The lowest BCUT2D eigenvalue weighted by molar-refractivity contribution is -0.119. The second kappa shape index (κ2) is 9.47. The lowest BCUT2D eigenvalue weighted by Gasteiger charge is -2.26. The maximum Gasteiger partial charge on any atom is 0.259 e. The van der Waals surface area contributed by atoms with E-state index in [-0.39, 0.29) is 24.2 Å². The van der Waals surface area contributed by atoms with Gasteiger partial charge in [-0.2, -0.15) is 11.8 Å². The van der Waals surface area contributed by atoms with Crippen LogP contribution in [-0.2, 0) is 4.79 Å². The molecular formula is C21H23N3O4S. The SMILES string of the molecule is Cc1cc(C(=O)N2CCSCC2)ccc1NC(=O)c1ccccc1OCC(N)=O. The maximum atomic E-state index is 12.7. The number of nitrogens with one attached hydrogen (secondary N) is 1. The van der Waals surface area contributed by atoms with Crippen LogP contribution < -0.4 is 15.8 Å². The summed E-state index contributed by atoms with van der Waals surface area (Å²) in [6, 6.07) is 11.9. The Labute approximate surface area is 173 Å². The standard InChI is InChI=1S/C21H23N3O4S/c1-14-12-15(21(27)24-8-10-29-11-9-24)6-7-17(14)23-20(26)16-4-2-3-5-18(16)28-13-19(22)25/h2-7,12H,8-11,13H2,1H3,(H2,22,25)(H,23,26). The number of nitrogens with two attached hydrogens (primary N) is 1. The van der Waals surface area contributed by atoms with Crippen molar-refractivity contribution in [2.24, 2.45) is 5.73 Å². The second-order valence-corrected chi connectivity index (χ2v) is 7.86. The Bertz CT molecular complexity index is 926. The van der Waals surface area contributed by atoms with Crippen molar-refractivity contribution in [2.45, 2.75) is 6.92 Å². The molecule has 152 valence electrons. The van der Waals surface area contributed by atoms with Gasteiger partial charge in [0.2, 0.25) is 0 Å². The molecule has 0 atom stereocenters. The molecule has 0 aromatic heterocycles. The highest BCUT2D eigenvalue weighted by atomic mass is 32.2. The number of benzene rings is 2. The minimum Gasteiger partial charge on any atom is -0.483 e. The summed E-state index contributed by atoms with van der Waals surface area (Å²) in [6.45, 7) is 3.04. The maximum absolute atomic E-state index is 12.7. The normalized spacial score (nSPS) is 13.6. The fourth-order valence-electron chi connectivity index (χ4n) is 3.00. The van der Waals surface area contributed by atoms with Crippen LogP contribution in [0.15, 0.2) is 42.5 Å². The van der Waals surface area contributed by atoms with E-state index in [0.29, 0.717) is 16.8 Å². The summed E-state index contributed by atoms with van der Waals surface area (Å²) in [5, 5.41) is 2.84. The Morgan fingerprint density at radius 1 is 1.14 bits per heavy atom. The highest BCUT2D eigenvalue weighted by Gasteiger charge is 2.19. The van der Waals surface area contributed by atoms with Crippen LogP contribution in [0.5, 0.6) is 5.75 Å². The molecule has 3 N–H and O–H groups in total. The molecule has 1 fully saturated rings. The molecule has 2 aromatic carbocycles. The average molecular weight is 413 g/mol. The van der Waals surface area contributed by atoms with E-state index in [2.05, 4.69) is 5.32 Å². The van der Waals surface area contributed by atoms with Gasteiger partial charge in [-0.05, 0) is 42.8 Å². The third kappa shape index (κ3) is 5.29. The van der Waals surface area contributed by atoms with Crippen molar-refractivity contribution >= 4 is 35.2 Å². The van der Waals surface area contributed by atoms with E-state index in [1.165, 1.54) is 0 Å². The minimum atomic E-state index is -0.622. The van der Waals surface area contributed by atoms with Crippen LogP contribution in [-0.4, -0.2) is 53.8 Å². The first-order chi connectivity index (χ1) is 14.0. The number of hydrogen-bond donors (Lipinski definition) is 2. The molecule has 0 aliphatic carbocycles. The summed E-state index contributed by atoms with van der Waals surface area (Å²) in [5.74, 6) is 1.20. The van der Waals surface area contributed by atoms with E-state index in [4.69, 9.17) is 10.5 Å². The minimum absolute atomic E-state index is 0.0106. The molecule has 7 nitrogen and oxygen atoms in total. The van der Waals surface area contributed by atoms with Crippen molar-refractivity contribution in [1.29, 1.82) is 0 Å². The van der Waals surface area contributed by atoms with Crippen LogP contribution in [0.1, 0.15) is 26.3 Å². The van der Waals surface area contributed by atoms with Crippen LogP contribution in [0, 0.1) is 6.92 Å². The van der Waals surface area contributed by atoms with Crippen molar-refractivity contribution in [3.8, 4) is 5.75 Å². The molecule has 29 heavy (non-hydrogen) atoms. The summed E-state index contributed by atoms with van der Waals surface area (Å²) in [6.07, 6.45) is 0. The molecule has 8 heteroatoms. The van der Waals surface area contributed by atoms with E-state index in [9.17, 15) is 14.4 Å². The third-order valence-corrected chi connectivity index (χ3v) is 5.46. The first-order valence-corrected chi connectivity index (χ1v) is 10.4. The van der Waals surface area contributed by atoms with Gasteiger partial charge in [0.1, 0.15) is 5.75 Å². The van der Waals surface area contributed by atoms with Crippen molar-refractivity contribution in [3.63, 3.8) is 0 Å². The highest BCUT2D eigenvalue weighted by Crippen LogP contribution is 2.23. The van der Waals surface area contributed by atoms with E-state index >= 15 is 0 Å². The Morgan fingerprint density at radius 3 is 2.55 bits per heavy atom. The topological polar surface area (TPSA) is 102 Å². The third-order valence-electron chi connectivity index (χ3n) is 4.52. The quantitative estimate of drug-likeness (QED) is 0.757. The smallest absolute Gasteiger partial charge is 0.259 e. The van der Waals surface area contributed by atoms with E-state index in [1.54, 1.807) is 42.5 Å². The van der Waals surface area contributed by atoms with E-state index < -0.39 is 5.91 Å². The monoisotopic (exact) mass is 413 g/mol. The molecule has 0 unspecified atom stereocenters. The predicted molar refractivity (Wildman–Crippen MR) is 113 cm³/mol. The van der Waals surface area contributed by atoms with Crippen molar-refractivity contribution in [2.75, 3.05) is 36.5 Å². The van der Waals surface area contributed by atoms with Gasteiger partial charge in [-0.1, -0.05) is 12.1 Å². The summed E-state index contributed by atoms with van der Waals surface area (Å²) in [7, 11) is 0. The molecule has 0 saturated carbocycles. The number of carbonyl (C=O) groups is 3. The van der Waals surface area contributed by atoms with Gasteiger partial charge < -0.3 is 20.7 Å². The number of hydrogen-bond acceptors (Lipinski definition) is 5. The largest absolute Gasteiger partial charge is 0.483 e. The van der Waals surface area contributed by atoms with Gasteiger partial charge in [-0.25, -0.2) is 0 Å². The Balaban J connectivity index is 1.73. The lowest BCUT2D eigenvalue weighted by Crippen LogP contribution is -2.37. The molecule has 2 aromatic rings. The van der Waals surface area contributed by atoms with Crippen molar-refractivity contribution in [3.05, 3.63) is 59.2 Å². The lowest BCUT2D eigenvalue weighted by atomic mass is 10.1. The molecule has 0 radical (unpaired) electrons. The van der Waals surface area contributed by atoms with Gasteiger partial charge in [-0.15, -0.1) is 0 Å². The summed E-state index contributed by atoms with van der Waals surface area (Å²) < 4.78 is 5.32. The number of anilines is 1. The first-order valence-electron chi connectivity index (χ1n) is 9.25. The number of ether oxygens (including phenoxy) is 1. The Hall–Kier alpha value is -3.00. The number of amides is 3. The zero-order valence-corrected chi connectivity index (χ0v) is 17.0. The molecule has 1 aliphatic heterocycles. The van der Waals surface area contributed by atoms with E-state index in [1.807, 2.05) is 23.6 Å². The van der Waals surface area contributed by atoms with Gasteiger partial charge in [0.15, 0.2) is 6.61 Å². The zero-order valence-electron chi connectivity index (χ0n) is 16.1. The fraction of sp³-hybridized carbons (Fsp3) is 0.286. The van der Waals surface area contributed by atoms with Crippen molar-refractivity contribution < 1.29 is 19.1 Å². The summed E-state index contributed by atoms with van der Waals surface area (Å²) in [5.41, 5.74) is 7.39. The first kappa shape index (κ1) is 20.7. The highest BCUT2D eigenvalue weighted by molar-refractivity contribution is 7.99. The number of carbonyl (C=O) groups excluding carboxylic acids is 3. The second-order valence-electron chi connectivity index (χ2n) is 6.64. The van der Waals surface area contributed by atoms with Gasteiger partial charge in [0.25, 0.3) is 17.7 Å². The average Bonchev–Trinajstić information content (AvgIpc) is 2.74. The molecular weight excluding hydrogens is 390 g/mol. The number of rotatable bonds is 6. The molecule has 0 bridgehead atoms. The van der Waals surface area contributed by atoms with Gasteiger partial charge in [0, 0.05) is 35.8 Å².